The van der Waals surface area contributed by atoms with Crippen LogP contribution in [0.2, 0.25) is 0 Å². The molecular weight excluding hydrogens is 458 g/mol. The number of rotatable bonds is 6. The van der Waals surface area contributed by atoms with Crippen LogP contribution < -0.4 is 9.80 Å². The van der Waals surface area contributed by atoms with Gasteiger partial charge in [0.05, 0.1) is 28.7 Å². The lowest BCUT2D eigenvalue weighted by atomic mass is 10.1. The first-order chi connectivity index (χ1) is 16.0. The van der Waals surface area contributed by atoms with E-state index in [1.807, 2.05) is 24.5 Å². The highest BCUT2D eigenvalue weighted by Gasteiger charge is 2.31. The number of anilines is 2. The quantitative estimate of drug-likeness (QED) is 0.283. The lowest BCUT2D eigenvalue weighted by molar-refractivity contribution is -0.121. The minimum atomic E-state index is -0.294. The van der Waals surface area contributed by atoms with Gasteiger partial charge in [-0.25, -0.2) is 4.98 Å². The monoisotopic (exact) mass is 477 g/mol. The van der Waals surface area contributed by atoms with Crippen molar-refractivity contribution in [3.63, 3.8) is 0 Å². The smallest absolute Gasteiger partial charge is 0.260 e. The third-order valence-electron chi connectivity index (χ3n) is 5.36. The number of thioether (sulfide) groups is 1. The highest BCUT2D eigenvalue weighted by atomic mass is 32.2. The van der Waals surface area contributed by atoms with Gasteiger partial charge in [0.15, 0.2) is 5.13 Å². The van der Waals surface area contributed by atoms with Gasteiger partial charge in [-0.3, -0.25) is 24.2 Å². The molecule has 3 heterocycles. The van der Waals surface area contributed by atoms with Gasteiger partial charge in [0, 0.05) is 23.3 Å². The minimum absolute atomic E-state index is 0.186. The van der Waals surface area contributed by atoms with Crippen molar-refractivity contribution in [3.05, 3.63) is 72.2 Å². The molecule has 3 amide bonds. The number of benzene rings is 2. The Morgan fingerprint density at radius 2 is 1.91 bits per heavy atom. The first-order valence-electron chi connectivity index (χ1n) is 10.3. The van der Waals surface area contributed by atoms with Gasteiger partial charge in [0.1, 0.15) is 5.76 Å². The van der Waals surface area contributed by atoms with Gasteiger partial charge in [-0.2, -0.15) is 0 Å². The summed E-state index contributed by atoms with van der Waals surface area (Å²) in [7, 11) is 0. The van der Waals surface area contributed by atoms with E-state index >= 15 is 0 Å². The molecule has 5 rings (SSSR count). The molecule has 1 aliphatic rings. The number of hydrogen-bond acceptors (Lipinski definition) is 7. The Morgan fingerprint density at radius 3 is 2.64 bits per heavy atom. The standard InChI is InChI=1S/C24H19N3O4S2/c1-32-18-8-3-9-19-22(18)25-24(33-19)26(14-17-7-4-12-31-17)23(30)15-5-2-6-16(13-15)27-20(28)10-11-21(27)29/h2-9,12-13H,10-11,14H2,1H3. The zero-order valence-corrected chi connectivity index (χ0v) is 19.3. The largest absolute Gasteiger partial charge is 0.467 e. The second kappa shape index (κ2) is 8.84. The maximum absolute atomic E-state index is 13.7. The SMILES string of the molecule is CSc1cccc2sc(N(Cc3ccco3)C(=O)c3cccc(N4C(=O)CCC4=O)c3)nc12. The van der Waals surface area contributed by atoms with Crippen molar-refractivity contribution in [2.24, 2.45) is 0 Å². The zero-order chi connectivity index (χ0) is 22.9. The fraction of sp³-hybridized carbons (Fsp3) is 0.167. The second-order valence-electron chi connectivity index (χ2n) is 7.45. The summed E-state index contributed by atoms with van der Waals surface area (Å²) in [6.45, 7) is 0.200. The summed E-state index contributed by atoms with van der Waals surface area (Å²) < 4.78 is 6.49. The van der Waals surface area contributed by atoms with Crippen LogP contribution in [0.4, 0.5) is 10.8 Å². The first kappa shape index (κ1) is 21.4. The van der Waals surface area contributed by atoms with Crippen LogP contribution in [0.3, 0.4) is 0 Å². The van der Waals surface area contributed by atoms with Crippen molar-refractivity contribution >= 4 is 61.9 Å². The van der Waals surface area contributed by atoms with Gasteiger partial charge in [-0.15, -0.1) is 11.8 Å². The van der Waals surface area contributed by atoms with E-state index in [1.54, 1.807) is 59.3 Å². The van der Waals surface area contributed by atoms with Gasteiger partial charge < -0.3 is 4.42 Å². The van der Waals surface area contributed by atoms with Crippen molar-refractivity contribution < 1.29 is 18.8 Å². The second-order valence-corrected chi connectivity index (χ2v) is 9.30. The van der Waals surface area contributed by atoms with E-state index in [9.17, 15) is 14.4 Å². The fourth-order valence-electron chi connectivity index (χ4n) is 3.77. The number of thiazole rings is 1. The number of nitrogens with zero attached hydrogens (tertiary/aromatic N) is 3. The molecule has 2 aromatic heterocycles. The van der Waals surface area contributed by atoms with E-state index in [0.717, 1.165) is 20.0 Å². The number of carbonyl (C=O) groups is 3. The Labute approximate surface area is 198 Å². The maximum Gasteiger partial charge on any atom is 0.260 e. The molecular formula is C24H19N3O4S2. The molecule has 0 bridgehead atoms. The van der Waals surface area contributed by atoms with Gasteiger partial charge in [-0.05, 0) is 48.7 Å². The maximum atomic E-state index is 13.7. The Hall–Kier alpha value is -3.43. The summed E-state index contributed by atoms with van der Waals surface area (Å²) >= 11 is 3.03. The van der Waals surface area contributed by atoms with Crippen molar-refractivity contribution in [2.75, 3.05) is 16.1 Å². The normalized spacial score (nSPS) is 13.8. The van der Waals surface area contributed by atoms with Gasteiger partial charge >= 0.3 is 0 Å². The minimum Gasteiger partial charge on any atom is -0.467 e. The Balaban J connectivity index is 1.55. The molecule has 0 N–H and O–H groups in total. The summed E-state index contributed by atoms with van der Waals surface area (Å²) in [5, 5.41) is 0.548. The number of fused-ring (bicyclic) bond motifs is 1. The van der Waals surface area contributed by atoms with Crippen LogP contribution in [0.15, 0.2) is 70.2 Å². The van der Waals surface area contributed by atoms with E-state index in [-0.39, 0.29) is 37.1 Å². The molecule has 0 aliphatic carbocycles. The molecule has 0 saturated carbocycles. The van der Waals surface area contributed by atoms with E-state index in [0.29, 0.717) is 22.1 Å². The molecule has 4 aromatic rings. The molecule has 33 heavy (non-hydrogen) atoms. The van der Waals surface area contributed by atoms with Crippen LogP contribution in [0, 0.1) is 0 Å². The number of carbonyl (C=O) groups excluding carboxylic acids is 3. The molecule has 7 nitrogen and oxygen atoms in total. The number of imide groups is 1. The summed E-state index contributed by atoms with van der Waals surface area (Å²) in [5.74, 6) is -0.188. The van der Waals surface area contributed by atoms with Crippen molar-refractivity contribution in [1.82, 2.24) is 4.98 Å². The third-order valence-corrected chi connectivity index (χ3v) is 7.18. The molecule has 0 atom stereocenters. The van der Waals surface area contributed by atoms with Gasteiger partial charge in [0.25, 0.3) is 5.91 Å². The summed E-state index contributed by atoms with van der Waals surface area (Å²) in [6, 6.07) is 16.1. The molecule has 0 unspecified atom stereocenters. The van der Waals surface area contributed by atoms with E-state index in [4.69, 9.17) is 9.40 Å². The molecule has 1 saturated heterocycles. The number of amides is 3. The number of aromatic nitrogens is 1. The predicted octanol–water partition coefficient (Wildman–Crippen LogP) is 5.11. The van der Waals surface area contributed by atoms with Crippen LogP contribution in [-0.4, -0.2) is 29.0 Å². The Morgan fingerprint density at radius 1 is 1.12 bits per heavy atom. The average molecular weight is 478 g/mol. The predicted molar refractivity (Wildman–Crippen MR) is 129 cm³/mol. The average Bonchev–Trinajstić information content (AvgIpc) is 3.57. The number of para-hydroxylation sites is 1. The lowest BCUT2D eigenvalue weighted by Gasteiger charge is -2.20. The Bertz CT molecular complexity index is 1350. The molecule has 0 radical (unpaired) electrons. The Kier molecular flexibility index (Phi) is 5.74. The van der Waals surface area contributed by atoms with E-state index in [1.165, 1.54) is 11.3 Å². The molecule has 1 fully saturated rings. The molecule has 0 spiro atoms. The number of furan rings is 1. The van der Waals surface area contributed by atoms with Crippen LogP contribution in [0.25, 0.3) is 10.2 Å². The van der Waals surface area contributed by atoms with Crippen LogP contribution in [0.5, 0.6) is 0 Å². The van der Waals surface area contributed by atoms with Crippen LogP contribution in [-0.2, 0) is 16.1 Å². The van der Waals surface area contributed by atoms with Crippen LogP contribution in [0.1, 0.15) is 29.0 Å². The summed E-state index contributed by atoms with van der Waals surface area (Å²) in [6.07, 6.45) is 3.93. The summed E-state index contributed by atoms with van der Waals surface area (Å²) in [5.41, 5.74) is 1.61. The van der Waals surface area contributed by atoms with Crippen molar-refractivity contribution in [3.8, 4) is 0 Å². The molecule has 2 aromatic carbocycles. The van der Waals surface area contributed by atoms with E-state index in [2.05, 4.69) is 0 Å². The fourth-order valence-corrected chi connectivity index (χ4v) is 5.39. The van der Waals surface area contributed by atoms with Crippen molar-refractivity contribution in [2.45, 2.75) is 24.3 Å². The van der Waals surface area contributed by atoms with E-state index < -0.39 is 0 Å². The molecule has 166 valence electrons. The highest BCUT2D eigenvalue weighted by molar-refractivity contribution is 7.98. The summed E-state index contributed by atoms with van der Waals surface area (Å²) in [4.78, 5) is 46.6. The highest BCUT2D eigenvalue weighted by Crippen LogP contribution is 2.35. The zero-order valence-electron chi connectivity index (χ0n) is 17.7. The topological polar surface area (TPSA) is 83.7 Å². The lowest BCUT2D eigenvalue weighted by Crippen LogP contribution is -2.31. The van der Waals surface area contributed by atoms with Crippen LogP contribution >= 0.6 is 23.1 Å². The molecule has 9 heteroatoms. The van der Waals surface area contributed by atoms with Gasteiger partial charge in [-0.1, -0.05) is 23.5 Å². The number of hydrogen-bond donors (Lipinski definition) is 0. The molecule has 1 aliphatic heterocycles. The van der Waals surface area contributed by atoms with Crippen molar-refractivity contribution in [1.29, 1.82) is 0 Å². The third kappa shape index (κ3) is 4.05. The first-order valence-corrected chi connectivity index (χ1v) is 12.3. The van der Waals surface area contributed by atoms with Gasteiger partial charge in [0.2, 0.25) is 11.8 Å².